The van der Waals surface area contributed by atoms with E-state index >= 15 is 0 Å². The molecule has 0 bridgehead atoms. The van der Waals surface area contributed by atoms with Gasteiger partial charge in [0, 0.05) is 0 Å². The predicted molar refractivity (Wildman–Crippen MR) is 127 cm³/mol. The quantitative estimate of drug-likeness (QED) is 0.222. The molecular weight excluding hydrogens is 406 g/mol. The summed E-state index contributed by atoms with van der Waals surface area (Å²) in [4.78, 5) is 0. The topological polar surface area (TPSA) is 0 Å². The van der Waals surface area contributed by atoms with Gasteiger partial charge < -0.3 is 14.9 Å². The van der Waals surface area contributed by atoms with Gasteiger partial charge in [-0.25, -0.2) is 0 Å². The molecule has 2 aliphatic heterocycles. The minimum atomic E-state index is 0. The summed E-state index contributed by atoms with van der Waals surface area (Å²) in [5.74, 6) is 0. The van der Waals surface area contributed by atoms with Crippen LogP contribution in [0.15, 0.2) is 0 Å². The minimum Gasteiger partial charge on any atom is -0.358 e. The van der Waals surface area contributed by atoms with E-state index in [0.29, 0.717) is 15.8 Å². The van der Waals surface area contributed by atoms with Gasteiger partial charge in [0.1, 0.15) is 0 Å². The van der Waals surface area contributed by atoms with Crippen LogP contribution in [-0.2, 0) is 17.1 Å². The summed E-state index contributed by atoms with van der Waals surface area (Å²) < 4.78 is 0. The van der Waals surface area contributed by atoms with Gasteiger partial charge in [0.25, 0.3) is 0 Å². The summed E-state index contributed by atoms with van der Waals surface area (Å²) in [5, 5.41) is 0. The van der Waals surface area contributed by atoms with Gasteiger partial charge in [-0.3, -0.25) is 0 Å². The predicted octanol–water partition coefficient (Wildman–Crippen LogP) is 8.86. The van der Waals surface area contributed by atoms with Crippen LogP contribution >= 0.6 is 15.8 Å². The number of rotatable bonds is 2. The fourth-order valence-electron chi connectivity index (χ4n) is 6.27. The van der Waals surface area contributed by atoms with E-state index in [9.17, 15) is 0 Å². The van der Waals surface area contributed by atoms with Gasteiger partial charge in [-0.15, -0.1) is 0 Å². The fourth-order valence-corrected chi connectivity index (χ4v) is 14.6. The van der Waals surface area contributed by atoms with Crippen LogP contribution in [0.3, 0.4) is 0 Å². The maximum Gasteiger partial charge on any atom is 2.00 e. The van der Waals surface area contributed by atoms with Gasteiger partial charge in [0.05, 0.1) is 0 Å². The van der Waals surface area contributed by atoms with Crippen molar-refractivity contribution in [3.8, 4) is 0 Å². The van der Waals surface area contributed by atoms with Crippen LogP contribution < -0.4 is 0 Å². The van der Waals surface area contributed by atoms with Gasteiger partial charge in [0.2, 0.25) is 0 Å². The normalized spacial score (nSPS) is 35.1. The van der Waals surface area contributed by atoms with E-state index < -0.39 is 0 Å². The number of hydrogen-bond donors (Lipinski definition) is 0. The Hall–Kier alpha value is 1.38. The second kappa shape index (κ2) is 13.6. The second-order valence-corrected chi connectivity index (χ2v) is 16.1. The molecule has 2 saturated heterocycles. The third-order valence-electron chi connectivity index (χ3n) is 7.53. The van der Waals surface area contributed by atoms with Crippen molar-refractivity contribution in [3.63, 3.8) is 0 Å². The Morgan fingerprint density at radius 3 is 0.889 bits per heavy atom. The van der Waals surface area contributed by atoms with Gasteiger partial charge in [-0.2, -0.15) is 0 Å². The first-order chi connectivity index (χ1) is 11.6. The molecule has 4 rings (SSSR count). The maximum atomic E-state index is 2.51. The molecule has 0 unspecified atom stereocenters. The third-order valence-corrected chi connectivity index (χ3v) is 15.4. The van der Waals surface area contributed by atoms with E-state index in [-0.39, 0.29) is 31.9 Å². The molecule has 0 nitrogen and oxygen atoms in total. The Labute approximate surface area is 186 Å². The number of hydrogen-bond acceptors (Lipinski definition) is 0. The zero-order valence-corrected chi connectivity index (χ0v) is 22.1. The average Bonchev–Trinajstić information content (AvgIpc) is 3.31. The molecule has 0 N–H and O–H groups in total. The SMILES string of the molecule is C[C@H]1CC[C@H](C)P1C1CCCC1.C[C@H]1CC[C@H](C)P1C1CCCC1.[CH3-].[CH3-].[Fe+2]. The van der Waals surface area contributed by atoms with E-state index in [1.54, 1.807) is 25.7 Å². The van der Waals surface area contributed by atoms with Crippen molar-refractivity contribution in [1.29, 1.82) is 0 Å². The monoisotopic (exact) mass is 454 g/mol. The molecule has 2 aliphatic carbocycles. The van der Waals surface area contributed by atoms with Crippen LogP contribution in [0.25, 0.3) is 0 Å². The van der Waals surface area contributed by atoms with Crippen molar-refractivity contribution >= 4 is 15.8 Å². The standard InChI is InChI=1S/2C11H21P.2CH3.Fe/c2*1-9-7-8-10(2)12(9)11-5-3-4-6-11;;;/h2*9-11H,3-8H2,1-2H3;2*1H3;/q;;2*-1;+2/t2*9-,10-;;;/m00.../s1. The summed E-state index contributed by atoms with van der Waals surface area (Å²) in [6.07, 6.45) is 18.5. The molecule has 4 aliphatic rings. The van der Waals surface area contributed by atoms with Crippen LogP contribution in [0.5, 0.6) is 0 Å². The molecule has 0 radical (unpaired) electrons. The molecule has 0 aromatic rings. The van der Waals surface area contributed by atoms with E-state index in [4.69, 9.17) is 0 Å². The van der Waals surface area contributed by atoms with E-state index in [1.807, 2.05) is 0 Å². The van der Waals surface area contributed by atoms with E-state index in [1.165, 1.54) is 62.7 Å². The summed E-state index contributed by atoms with van der Waals surface area (Å²) in [5.41, 5.74) is 6.73. The summed E-state index contributed by atoms with van der Waals surface area (Å²) in [6.45, 7) is 10.0. The molecule has 0 aromatic carbocycles. The maximum absolute atomic E-state index is 2.51. The molecule has 0 aromatic heterocycles. The second-order valence-electron chi connectivity index (χ2n) is 9.32. The van der Waals surface area contributed by atoms with Crippen LogP contribution in [0.4, 0.5) is 0 Å². The molecular formula is C24H48FeP2. The minimum absolute atomic E-state index is 0. The Kier molecular flexibility index (Phi) is 14.3. The van der Waals surface area contributed by atoms with Crippen molar-refractivity contribution in [3.05, 3.63) is 14.9 Å². The fraction of sp³-hybridized carbons (Fsp3) is 0.917. The molecule has 4 atom stereocenters. The van der Waals surface area contributed by atoms with Crippen LogP contribution in [0, 0.1) is 14.9 Å². The summed E-state index contributed by atoms with van der Waals surface area (Å²) in [7, 11) is 0.863. The molecule has 0 amide bonds. The smallest absolute Gasteiger partial charge is 0.358 e. The molecule has 162 valence electrons. The average molecular weight is 454 g/mol. The van der Waals surface area contributed by atoms with Gasteiger partial charge >= 0.3 is 17.1 Å². The Morgan fingerprint density at radius 2 is 0.667 bits per heavy atom. The van der Waals surface area contributed by atoms with Crippen molar-refractivity contribution in [2.75, 3.05) is 0 Å². The summed E-state index contributed by atoms with van der Waals surface area (Å²) >= 11 is 0. The molecule has 2 saturated carbocycles. The van der Waals surface area contributed by atoms with Gasteiger partial charge in [-0.1, -0.05) is 69.2 Å². The van der Waals surface area contributed by atoms with E-state index in [2.05, 4.69) is 27.7 Å². The third kappa shape index (κ3) is 7.23. The molecule has 3 heteroatoms. The van der Waals surface area contributed by atoms with Gasteiger partial charge in [0.15, 0.2) is 0 Å². The van der Waals surface area contributed by atoms with Crippen molar-refractivity contribution in [1.82, 2.24) is 0 Å². The van der Waals surface area contributed by atoms with Crippen molar-refractivity contribution < 1.29 is 17.1 Å². The van der Waals surface area contributed by atoms with Gasteiger partial charge in [-0.05, 0) is 85.3 Å². The van der Waals surface area contributed by atoms with Crippen LogP contribution in [0.1, 0.15) is 105 Å². The zero-order chi connectivity index (χ0) is 17.1. The first-order valence-corrected chi connectivity index (χ1v) is 14.2. The largest absolute Gasteiger partial charge is 2.00 e. The van der Waals surface area contributed by atoms with Crippen LogP contribution in [0.2, 0.25) is 0 Å². The van der Waals surface area contributed by atoms with Crippen molar-refractivity contribution in [2.45, 2.75) is 139 Å². The molecule has 0 spiro atoms. The summed E-state index contributed by atoms with van der Waals surface area (Å²) in [6, 6.07) is 0. The Bertz CT molecular complexity index is 321. The van der Waals surface area contributed by atoms with E-state index in [0.717, 1.165) is 22.6 Å². The molecule has 27 heavy (non-hydrogen) atoms. The Morgan fingerprint density at radius 1 is 0.444 bits per heavy atom. The Balaban J connectivity index is 0.000000451. The first-order valence-electron chi connectivity index (χ1n) is 11.1. The first kappa shape index (κ1) is 28.4. The molecule has 2 heterocycles. The molecule has 4 fully saturated rings. The zero-order valence-electron chi connectivity index (χ0n) is 19.2. The van der Waals surface area contributed by atoms with Crippen molar-refractivity contribution in [2.24, 2.45) is 0 Å². The van der Waals surface area contributed by atoms with Crippen LogP contribution in [-0.4, -0.2) is 34.0 Å².